The molecule has 142 valence electrons. The Balaban J connectivity index is 1.34. The van der Waals surface area contributed by atoms with Crippen molar-refractivity contribution >= 4 is 6.03 Å². The molecule has 2 bridgehead atoms. The van der Waals surface area contributed by atoms with Gasteiger partial charge in [0.15, 0.2) is 0 Å². The van der Waals surface area contributed by atoms with Gasteiger partial charge >= 0.3 is 6.03 Å². The maximum absolute atomic E-state index is 12.6. The van der Waals surface area contributed by atoms with Crippen LogP contribution >= 0.6 is 0 Å². The van der Waals surface area contributed by atoms with Gasteiger partial charge in [-0.15, -0.1) is 0 Å². The number of nitrogens with one attached hydrogen (secondary N) is 1. The number of ether oxygens (including phenoxy) is 1. The molecule has 0 spiro atoms. The summed E-state index contributed by atoms with van der Waals surface area (Å²) in [6.45, 7) is 2.70. The molecule has 2 aromatic rings. The average molecular weight is 367 g/mol. The van der Waals surface area contributed by atoms with E-state index in [0.717, 1.165) is 24.3 Å². The number of urea groups is 1. The number of benzene rings is 1. The topological polar surface area (TPSA) is 63.6 Å². The largest absolute Gasteiger partial charge is 0.497 e. The highest BCUT2D eigenvalue weighted by molar-refractivity contribution is 5.74. The minimum absolute atomic E-state index is 0.00932. The van der Waals surface area contributed by atoms with Gasteiger partial charge in [-0.1, -0.05) is 18.2 Å². The van der Waals surface area contributed by atoms with Crippen molar-refractivity contribution in [2.45, 2.75) is 25.3 Å². The second-order valence-corrected chi connectivity index (χ2v) is 7.43. The Morgan fingerprint density at radius 2 is 1.96 bits per heavy atom. The summed E-state index contributed by atoms with van der Waals surface area (Å²) < 4.78 is 7.05. The number of hydrogen-bond donors (Lipinski definition) is 1. The number of aromatic nitrogens is 1. The maximum atomic E-state index is 12.6. The van der Waals surface area contributed by atoms with Crippen LogP contribution in [0.4, 0.5) is 4.79 Å². The number of carbonyl (C=O) groups is 1. The molecule has 1 aromatic carbocycles. The van der Waals surface area contributed by atoms with E-state index in [1.54, 1.807) is 13.2 Å². The predicted molar refractivity (Wildman–Crippen MR) is 103 cm³/mol. The van der Waals surface area contributed by atoms with E-state index in [2.05, 4.69) is 5.32 Å². The molecule has 0 radical (unpaired) electrons. The van der Waals surface area contributed by atoms with E-state index in [4.69, 9.17) is 4.74 Å². The summed E-state index contributed by atoms with van der Waals surface area (Å²) in [5, 5.41) is 3.04. The molecular weight excluding hydrogens is 342 g/mol. The van der Waals surface area contributed by atoms with Crippen LogP contribution in [0.2, 0.25) is 0 Å². The molecule has 2 aliphatic heterocycles. The second-order valence-electron chi connectivity index (χ2n) is 7.43. The number of fused-ring (bicyclic) bond motifs is 4. The van der Waals surface area contributed by atoms with Gasteiger partial charge in [-0.05, 0) is 42.5 Å². The van der Waals surface area contributed by atoms with E-state index in [9.17, 15) is 9.59 Å². The zero-order chi connectivity index (χ0) is 18.8. The molecule has 6 nitrogen and oxygen atoms in total. The molecule has 2 amide bonds. The lowest BCUT2D eigenvalue weighted by Gasteiger charge is -2.42. The van der Waals surface area contributed by atoms with E-state index in [-0.39, 0.29) is 17.5 Å². The molecule has 2 unspecified atom stereocenters. The summed E-state index contributed by atoms with van der Waals surface area (Å²) >= 11 is 0. The van der Waals surface area contributed by atoms with Crippen LogP contribution in [0.3, 0.4) is 0 Å². The van der Waals surface area contributed by atoms with Crippen molar-refractivity contribution in [2.24, 2.45) is 5.92 Å². The molecule has 4 rings (SSSR count). The van der Waals surface area contributed by atoms with E-state index in [1.165, 1.54) is 5.56 Å². The summed E-state index contributed by atoms with van der Waals surface area (Å²) in [4.78, 5) is 26.6. The molecule has 1 N–H and O–H groups in total. The van der Waals surface area contributed by atoms with Gasteiger partial charge in [0.1, 0.15) is 5.75 Å². The van der Waals surface area contributed by atoms with E-state index >= 15 is 0 Å². The molecular formula is C21H25N3O3. The maximum Gasteiger partial charge on any atom is 0.317 e. The van der Waals surface area contributed by atoms with Crippen molar-refractivity contribution in [3.63, 3.8) is 0 Å². The Bertz CT molecular complexity index is 875. The Morgan fingerprint density at radius 1 is 1.15 bits per heavy atom. The zero-order valence-corrected chi connectivity index (χ0v) is 15.6. The van der Waals surface area contributed by atoms with Crippen molar-refractivity contribution in [1.82, 2.24) is 14.8 Å². The van der Waals surface area contributed by atoms with Crippen molar-refractivity contribution in [1.29, 1.82) is 0 Å². The molecule has 3 heterocycles. The third-order valence-electron chi connectivity index (χ3n) is 5.62. The fraction of sp³-hybridized carbons (Fsp3) is 0.429. The summed E-state index contributed by atoms with van der Waals surface area (Å²) in [6.07, 6.45) is 1.84. The van der Waals surface area contributed by atoms with Crippen molar-refractivity contribution in [3.05, 3.63) is 64.1 Å². The lowest BCUT2D eigenvalue weighted by molar-refractivity contribution is 0.131. The number of nitrogens with zero attached hydrogens (tertiary/aromatic N) is 2. The molecule has 1 fully saturated rings. The number of carbonyl (C=O) groups excluding carboxylic acids is 1. The number of amides is 2. The number of methoxy groups -OCH3 is 1. The first-order valence-electron chi connectivity index (χ1n) is 9.49. The number of rotatable bonds is 4. The predicted octanol–water partition coefficient (Wildman–Crippen LogP) is 2.23. The van der Waals surface area contributed by atoms with Crippen molar-refractivity contribution in [2.75, 3.05) is 26.7 Å². The normalized spacial score (nSPS) is 20.7. The van der Waals surface area contributed by atoms with Crippen LogP contribution < -0.4 is 15.6 Å². The quantitative estimate of drug-likeness (QED) is 0.901. The molecule has 1 saturated heterocycles. The number of hydrogen-bond acceptors (Lipinski definition) is 3. The standard InChI is InChI=1S/C21H25N3O3/c1-27-18-7-5-15(6-8-18)9-10-22-21(26)23-12-16-11-17(14-23)19-3-2-4-20(25)24(19)13-16/h2-8,16-17H,9-14H2,1H3,(H,22,26). The third kappa shape index (κ3) is 3.70. The van der Waals surface area contributed by atoms with Gasteiger partial charge in [0, 0.05) is 43.9 Å². The summed E-state index contributed by atoms with van der Waals surface area (Å²) in [6, 6.07) is 13.4. The van der Waals surface area contributed by atoms with Crippen molar-refractivity contribution < 1.29 is 9.53 Å². The molecule has 2 aliphatic rings. The van der Waals surface area contributed by atoms with Crippen LogP contribution in [-0.4, -0.2) is 42.2 Å². The summed E-state index contributed by atoms with van der Waals surface area (Å²) in [7, 11) is 1.65. The summed E-state index contributed by atoms with van der Waals surface area (Å²) in [5.74, 6) is 1.43. The molecule has 0 saturated carbocycles. The molecule has 27 heavy (non-hydrogen) atoms. The molecule has 6 heteroatoms. The highest BCUT2D eigenvalue weighted by Crippen LogP contribution is 2.34. The van der Waals surface area contributed by atoms with Gasteiger partial charge in [0.2, 0.25) is 0 Å². The van der Waals surface area contributed by atoms with Gasteiger partial charge in [-0.3, -0.25) is 4.79 Å². The lowest BCUT2D eigenvalue weighted by atomic mass is 9.83. The minimum Gasteiger partial charge on any atom is -0.497 e. The van der Waals surface area contributed by atoms with Crippen LogP contribution in [0, 0.1) is 5.92 Å². The highest BCUT2D eigenvalue weighted by atomic mass is 16.5. The minimum atomic E-state index is -0.00932. The average Bonchev–Trinajstić information content (AvgIpc) is 2.69. The lowest BCUT2D eigenvalue weighted by Crippen LogP contribution is -2.52. The Morgan fingerprint density at radius 3 is 2.74 bits per heavy atom. The van der Waals surface area contributed by atoms with Gasteiger partial charge in [0.05, 0.1) is 7.11 Å². The highest BCUT2D eigenvalue weighted by Gasteiger charge is 2.36. The number of likely N-dealkylation sites (tertiary alicyclic amines) is 1. The second kappa shape index (κ2) is 7.47. The van der Waals surface area contributed by atoms with Gasteiger partial charge in [0.25, 0.3) is 5.56 Å². The number of pyridine rings is 1. The van der Waals surface area contributed by atoms with Crippen LogP contribution in [0.15, 0.2) is 47.3 Å². The van der Waals surface area contributed by atoms with Crippen LogP contribution in [-0.2, 0) is 13.0 Å². The first-order chi connectivity index (χ1) is 13.1. The zero-order valence-electron chi connectivity index (χ0n) is 15.6. The van der Waals surface area contributed by atoms with Crippen LogP contribution in [0.25, 0.3) is 0 Å². The smallest absolute Gasteiger partial charge is 0.317 e. The van der Waals surface area contributed by atoms with E-state index in [1.807, 2.05) is 45.9 Å². The SMILES string of the molecule is COc1ccc(CCNC(=O)N2CC3CC(C2)c2cccc(=O)n2C3)cc1. The van der Waals surface area contributed by atoms with Crippen LogP contribution in [0.5, 0.6) is 5.75 Å². The van der Waals surface area contributed by atoms with E-state index < -0.39 is 0 Å². The first-order valence-corrected chi connectivity index (χ1v) is 9.49. The fourth-order valence-electron chi connectivity index (χ4n) is 4.28. The fourth-order valence-corrected chi connectivity index (χ4v) is 4.28. The van der Waals surface area contributed by atoms with Gasteiger partial charge in [-0.2, -0.15) is 0 Å². The number of piperidine rings is 1. The van der Waals surface area contributed by atoms with Crippen LogP contribution in [0.1, 0.15) is 23.6 Å². The molecule has 1 aromatic heterocycles. The Hall–Kier alpha value is -2.76. The van der Waals surface area contributed by atoms with Gasteiger partial charge < -0.3 is 19.5 Å². The van der Waals surface area contributed by atoms with Crippen molar-refractivity contribution in [3.8, 4) is 5.75 Å². The Kier molecular flexibility index (Phi) is 4.88. The third-order valence-corrected chi connectivity index (χ3v) is 5.62. The summed E-state index contributed by atoms with van der Waals surface area (Å²) in [5.41, 5.74) is 2.30. The van der Waals surface area contributed by atoms with Gasteiger partial charge in [-0.25, -0.2) is 4.79 Å². The molecule has 2 atom stereocenters. The monoisotopic (exact) mass is 367 g/mol. The first kappa shape index (κ1) is 17.6. The Labute approximate surface area is 158 Å². The molecule has 0 aliphatic carbocycles. The van der Waals surface area contributed by atoms with E-state index in [0.29, 0.717) is 32.1 Å².